The van der Waals surface area contributed by atoms with Gasteiger partial charge < -0.3 is 14.0 Å². The second kappa shape index (κ2) is 6.99. The lowest BCUT2D eigenvalue weighted by atomic mass is 10.1. The molecule has 25 heavy (non-hydrogen) atoms. The third-order valence-corrected chi connectivity index (χ3v) is 5.58. The van der Waals surface area contributed by atoms with Gasteiger partial charge in [0.2, 0.25) is 0 Å². The van der Waals surface area contributed by atoms with Crippen molar-refractivity contribution in [3.05, 3.63) is 40.7 Å². The summed E-state index contributed by atoms with van der Waals surface area (Å²) in [6.07, 6.45) is 1.71. The maximum Gasteiger partial charge on any atom is 0.144 e. The minimum absolute atomic E-state index is 0.312. The molecule has 6 nitrogen and oxygen atoms in total. The van der Waals surface area contributed by atoms with Crippen molar-refractivity contribution in [1.29, 1.82) is 0 Å². The standard InChI is InChI=1S/C17H20ClN3O3S/c1-17(2,3)25(22)20-12-9-24-10-14-11(12)8-19-21(14)13-6-5-7-15(23-4)16(13)18/h5-8H,9-10H2,1-4H3/t25-/m0/s1. The molecule has 3 rings (SSSR count). The van der Waals surface area contributed by atoms with Crippen LogP contribution in [0.15, 0.2) is 28.8 Å². The van der Waals surface area contributed by atoms with Crippen LogP contribution in [0.5, 0.6) is 5.75 Å². The summed E-state index contributed by atoms with van der Waals surface area (Å²) >= 11 is 5.06. The molecule has 1 aromatic carbocycles. The largest absolute Gasteiger partial charge is 0.591 e. The van der Waals surface area contributed by atoms with Crippen molar-refractivity contribution >= 4 is 28.7 Å². The normalized spacial score (nSPS) is 17.4. The van der Waals surface area contributed by atoms with E-state index in [1.807, 2.05) is 32.9 Å². The molecule has 1 aromatic heterocycles. The van der Waals surface area contributed by atoms with Gasteiger partial charge in [-0.15, -0.1) is 0 Å². The lowest BCUT2D eigenvalue weighted by Gasteiger charge is -2.21. The minimum Gasteiger partial charge on any atom is -0.591 e. The molecule has 0 unspecified atom stereocenters. The molecule has 0 spiro atoms. The van der Waals surface area contributed by atoms with Crippen LogP contribution in [0.4, 0.5) is 0 Å². The third kappa shape index (κ3) is 3.55. The Morgan fingerprint density at radius 2 is 2.12 bits per heavy atom. The number of nitrogens with zero attached hydrogens (tertiary/aromatic N) is 3. The average Bonchev–Trinajstić information content (AvgIpc) is 2.99. The van der Waals surface area contributed by atoms with E-state index in [-0.39, 0.29) is 0 Å². The number of halogens is 1. The number of aromatic nitrogens is 2. The van der Waals surface area contributed by atoms with Gasteiger partial charge in [0, 0.05) is 5.56 Å². The molecular formula is C17H20ClN3O3S. The molecule has 0 amide bonds. The predicted octanol–water partition coefficient (Wildman–Crippen LogP) is 3.32. The zero-order valence-electron chi connectivity index (χ0n) is 14.6. The van der Waals surface area contributed by atoms with Gasteiger partial charge in [0.25, 0.3) is 0 Å². The van der Waals surface area contributed by atoms with E-state index in [1.54, 1.807) is 24.1 Å². The Kier molecular flexibility index (Phi) is 5.11. The van der Waals surface area contributed by atoms with Gasteiger partial charge in [-0.2, -0.15) is 5.10 Å². The maximum atomic E-state index is 12.4. The van der Waals surface area contributed by atoms with Crippen LogP contribution in [-0.2, 0) is 22.7 Å². The number of benzene rings is 1. The summed E-state index contributed by atoms with van der Waals surface area (Å²) < 4.78 is 28.9. The van der Waals surface area contributed by atoms with E-state index in [9.17, 15) is 4.55 Å². The lowest BCUT2D eigenvalue weighted by Crippen LogP contribution is -2.29. The van der Waals surface area contributed by atoms with Gasteiger partial charge >= 0.3 is 0 Å². The highest BCUT2D eigenvalue weighted by molar-refractivity contribution is 7.91. The number of fused-ring (bicyclic) bond motifs is 1. The third-order valence-electron chi connectivity index (χ3n) is 3.77. The van der Waals surface area contributed by atoms with E-state index in [0.717, 1.165) is 11.3 Å². The Hall–Kier alpha value is -1.54. The highest BCUT2D eigenvalue weighted by Gasteiger charge is 2.30. The predicted molar refractivity (Wildman–Crippen MR) is 99.2 cm³/mol. The molecule has 1 aliphatic rings. The molecule has 2 aromatic rings. The van der Waals surface area contributed by atoms with Crippen molar-refractivity contribution in [3.63, 3.8) is 0 Å². The quantitative estimate of drug-likeness (QED) is 0.764. The average molecular weight is 382 g/mol. The Morgan fingerprint density at radius 3 is 2.80 bits per heavy atom. The van der Waals surface area contributed by atoms with E-state index in [0.29, 0.717) is 35.4 Å². The monoisotopic (exact) mass is 381 g/mol. The van der Waals surface area contributed by atoms with Crippen LogP contribution in [0.3, 0.4) is 0 Å². The fourth-order valence-electron chi connectivity index (χ4n) is 2.42. The molecule has 0 bridgehead atoms. The van der Waals surface area contributed by atoms with Crippen LogP contribution < -0.4 is 4.74 Å². The molecule has 1 atom stereocenters. The van der Waals surface area contributed by atoms with Crippen molar-refractivity contribution in [3.8, 4) is 11.4 Å². The van der Waals surface area contributed by atoms with Gasteiger partial charge in [-0.05, 0) is 32.9 Å². The minimum atomic E-state index is -1.36. The molecule has 134 valence electrons. The summed E-state index contributed by atoms with van der Waals surface area (Å²) in [7, 11) is 1.57. The van der Waals surface area contributed by atoms with E-state index in [2.05, 4.69) is 9.50 Å². The number of ether oxygens (including phenoxy) is 2. The van der Waals surface area contributed by atoms with Gasteiger partial charge in [-0.3, -0.25) is 0 Å². The molecule has 1 aliphatic heterocycles. The van der Waals surface area contributed by atoms with Gasteiger partial charge in [-0.1, -0.05) is 22.1 Å². The van der Waals surface area contributed by atoms with Gasteiger partial charge in [-0.25, -0.2) is 4.68 Å². The Morgan fingerprint density at radius 1 is 1.36 bits per heavy atom. The maximum absolute atomic E-state index is 12.4. The topological polar surface area (TPSA) is 71.7 Å². The number of methoxy groups -OCH3 is 1. The first kappa shape index (κ1) is 18.3. The lowest BCUT2D eigenvalue weighted by molar-refractivity contribution is 0.147. The van der Waals surface area contributed by atoms with Crippen LogP contribution in [0.25, 0.3) is 5.69 Å². The zero-order valence-corrected chi connectivity index (χ0v) is 16.1. The van der Waals surface area contributed by atoms with Crippen LogP contribution in [-0.4, -0.2) is 38.5 Å². The molecular weight excluding hydrogens is 362 g/mol. The summed E-state index contributed by atoms with van der Waals surface area (Å²) in [4.78, 5) is 0. The number of hydrogen-bond donors (Lipinski definition) is 0. The molecule has 0 fully saturated rings. The molecule has 8 heteroatoms. The summed E-state index contributed by atoms with van der Waals surface area (Å²) in [5.41, 5.74) is 3.00. The van der Waals surface area contributed by atoms with Crippen LogP contribution in [0.2, 0.25) is 5.02 Å². The number of hydrogen-bond acceptors (Lipinski definition) is 5. The van der Waals surface area contributed by atoms with Gasteiger partial charge in [0.05, 0.1) is 37.9 Å². The van der Waals surface area contributed by atoms with Crippen molar-refractivity contribution in [2.75, 3.05) is 13.7 Å². The Balaban J connectivity index is 2.05. The molecule has 0 radical (unpaired) electrons. The molecule has 2 heterocycles. The Labute approximate surface area is 155 Å². The molecule has 0 aliphatic carbocycles. The first-order valence-corrected chi connectivity index (χ1v) is 9.29. The van der Waals surface area contributed by atoms with Gasteiger partial charge in [0.1, 0.15) is 32.6 Å². The number of rotatable bonds is 3. The summed E-state index contributed by atoms with van der Waals surface area (Å²) in [5, 5.41) is 4.91. The van der Waals surface area contributed by atoms with E-state index < -0.39 is 16.1 Å². The van der Waals surface area contributed by atoms with E-state index >= 15 is 0 Å². The fraction of sp³-hybridized carbons (Fsp3) is 0.412. The van der Waals surface area contributed by atoms with Crippen molar-refractivity contribution in [2.45, 2.75) is 32.1 Å². The first-order valence-electron chi connectivity index (χ1n) is 7.80. The van der Waals surface area contributed by atoms with Crippen molar-refractivity contribution in [1.82, 2.24) is 9.78 Å². The van der Waals surface area contributed by atoms with Crippen LogP contribution in [0.1, 0.15) is 32.0 Å². The van der Waals surface area contributed by atoms with Crippen molar-refractivity contribution in [2.24, 2.45) is 4.40 Å². The van der Waals surface area contributed by atoms with Crippen LogP contribution in [0, 0.1) is 0 Å². The zero-order chi connectivity index (χ0) is 18.2. The molecule has 0 saturated carbocycles. The second-order valence-corrected chi connectivity index (χ2v) is 8.89. The highest BCUT2D eigenvalue weighted by Crippen LogP contribution is 2.32. The first-order chi connectivity index (χ1) is 11.8. The van der Waals surface area contributed by atoms with Crippen molar-refractivity contribution < 1.29 is 14.0 Å². The van der Waals surface area contributed by atoms with E-state index in [1.165, 1.54) is 0 Å². The smallest absolute Gasteiger partial charge is 0.144 e. The molecule has 0 N–H and O–H groups in total. The fourth-order valence-corrected chi connectivity index (χ4v) is 3.32. The second-order valence-electron chi connectivity index (χ2n) is 6.60. The van der Waals surface area contributed by atoms with Gasteiger partial charge in [0.15, 0.2) is 0 Å². The summed E-state index contributed by atoms with van der Waals surface area (Å²) in [6.45, 7) is 6.35. The van der Waals surface area contributed by atoms with E-state index in [4.69, 9.17) is 21.1 Å². The SMILES string of the molecule is COc1cccc(-n2ncc3c2COCC3=N[S@@+]([O-])C(C)(C)C)c1Cl. The summed E-state index contributed by atoms with van der Waals surface area (Å²) in [5.74, 6) is 0.572. The molecule has 0 saturated heterocycles. The Bertz CT molecular complexity index is 814. The summed E-state index contributed by atoms with van der Waals surface area (Å²) in [6, 6.07) is 5.50. The highest BCUT2D eigenvalue weighted by atomic mass is 35.5. The van der Waals surface area contributed by atoms with Crippen LogP contribution >= 0.6 is 11.6 Å².